The number of hydrogen-bond acceptors (Lipinski definition) is 4. The molecule has 4 heterocycles. The second kappa shape index (κ2) is 5.85. The van der Waals surface area contributed by atoms with Gasteiger partial charge in [-0.1, -0.05) is 0 Å². The molecular formula is C17H19N5. The van der Waals surface area contributed by atoms with Crippen LogP contribution in [0.1, 0.15) is 12.8 Å². The van der Waals surface area contributed by atoms with Crippen molar-refractivity contribution >= 4 is 11.2 Å². The molecule has 5 heteroatoms. The van der Waals surface area contributed by atoms with Crippen LogP contribution in [0.2, 0.25) is 0 Å². The van der Waals surface area contributed by atoms with Gasteiger partial charge in [0.05, 0.1) is 0 Å². The second-order valence-corrected chi connectivity index (χ2v) is 5.72. The number of imidazole rings is 1. The van der Waals surface area contributed by atoms with Gasteiger partial charge in [-0.2, -0.15) is 0 Å². The summed E-state index contributed by atoms with van der Waals surface area (Å²) in [6.45, 7) is 4.39. The number of nitrogens with zero attached hydrogens (tertiary/aromatic N) is 5. The molecule has 5 nitrogen and oxygen atoms in total. The summed E-state index contributed by atoms with van der Waals surface area (Å²) in [5.41, 5.74) is 2.95. The molecule has 1 aliphatic heterocycles. The summed E-state index contributed by atoms with van der Waals surface area (Å²) in [6, 6.07) is 7.97. The van der Waals surface area contributed by atoms with Crippen molar-refractivity contribution in [3.63, 3.8) is 0 Å². The molecule has 1 aliphatic rings. The van der Waals surface area contributed by atoms with Gasteiger partial charge in [0.2, 0.25) is 0 Å². The van der Waals surface area contributed by atoms with Crippen LogP contribution < -0.4 is 0 Å². The van der Waals surface area contributed by atoms with E-state index in [9.17, 15) is 0 Å². The van der Waals surface area contributed by atoms with Gasteiger partial charge in [-0.25, -0.2) is 9.97 Å². The van der Waals surface area contributed by atoms with Crippen molar-refractivity contribution in [2.75, 3.05) is 19.6 Å². The zero-order chi connectivity index (χ0) is 14.8. The van der Waals surface area contributed by atoms with Crippen molar-refractivity contribution in [1.29, 1.82) is 0 Å². The quantitative estimate of drug-likeness (QED) is 0.742. The topological polar surface area (TPSA) is 46.8 Å². The lowest BCUT2D eigenvalue weighted by Crippen LogP contribution is -2.24. The molecule has 1 saturated heterocycles. The van der Waals surface area contributed by atoms with Crippen LogP contribution in [0.4, 0.5) is 0 Å². The summed E-state index contributed by atoms with van der Waals surface area (Å²) in [6.07, 6.45) is 8.13. The Labute approximate surface area is 129 Å². The number of rotatable bonds is 4. The van der Waals surface area contributed by atoms with E-state index in [0.29, 0.717) is 0 Å². The van der Waals surface area contributed by atoms with Crippen molar-refractivity contribution in [2.24, 2.45) is 0 Å². The SMILES string of the molecule is c1cncc(-c2nc3cccnc3n2CCN2CCCC2)c1. The van der Waals surface area contributed by atoms with E-state index in [4.69, 9.17) is 4.98 Å². The highest BCUT2D eigenvalue weighted by molar-refractivity contribution is 5.76. The predicted octanol–water partition coefficient (Wildman–Crippen LogP) is 2.59. The van der Waals surface area contributed by atoms with Crippen LogP contribution in [0.3, 0.4) is 0 Å². The lowest BCUT2D eigenvalue weighted by molar-refractivity contribution is 0.324. The second-order valence-electron chi connectivity index (χ2n) is 5.72. The van der Waals surface area contributed by atoms with Crippen LogP contribution in [0, 0.1) is 0 Å². The molecule has 112 valence electrons. The van der Waals surface area contributed by atoms with E-state index >= 15 is 0 Å². The van der Waals surface area contributed by atoms with Crippen molar-refractivity contribution in [1.82, 2.24) is 24.4 Å². The molecule has 0 amide bonds. The number of likely N-dealkylation sites (tertiary alicyclic amines) is 1. The van der Waals surface area contributed by atoms with Crippen LogP contribution in [-0.2, 0) is 6.54 Å². The monoisotopic (exact) mass is 293 g/mol. The molecule has 0 aliphatic carbocycles. The van der Waals surface area contributed by atoms with Crippen molar-refractivity contribution in [3.05, 3.63) is 42.9 Å². The van der Waals surface area contributed by atoms with Crippen molar-refractivity contribution in [2.45, 2.75) is 19.4 Å². The molecule has 0 unspecified atom stereocenters. The summed E-state index contributed by atoms with van der Waals surface area (Å²) in [5, 5.41) is 0. The number of pyridine rings is 2. The highest BCUT2D eigenvalue weighted by Gasteiger charge is 2.16. The standard InChI is InChI=1S/C17H19N5/c1-2-10-21(9-1)11-12-22-16(14-5-3-7-18-13-14)20-15-6-4-8-19-17(15)22/h3-8,13H,1-2,9-12H2. The third-order valence-electron chi connectivity index (χ3n) is 4.26. The van der Waals surface area contributed by atoms with E-state index < -0.39 is 0 Å². The third-order valence-corrected chi connectivity index (χ3v) is 4.26. The average Bonchev–Trinajstić information content (AvgIpc) is 3.21. The first-order valence-corrected chi connectivity index (χ1v) is 7.86. The minimum absolute atomic E-state index is 0.914. The van der Waals surface area contributed by atoms with Crippen LogP contribution in [0.5, 0.6) is 0 Å². The highest BCUT2D eigenvalue weighted by Crippen LogP contribution is 2.23. The van der Waals surface area contributed by atoms with Gasteiger partial charge in [0.15, 0.2) is 5.65 Å². The first-order chi connectivity index (χ1) is 10.9. The first kappa shape index (κ1) is 13.4. The molecule has 0 bridgehead atoms. The predicted molar refractivity (Wildman–Crippen MR) is 86.4 cm³/mol. The molecule has 3 aromatic heterocycles. The molecule has 0 aromatic carbocycles. The third kappa shape index (κ3) is 2.48. The number of aromatic nitrogens is 4. The molecule has 0 spiro atoms. The molecular weight excluding hydrogens is 274 g/mol. The summed E-state index contributed by atoms with van der Waals surface area (Å²) in [4.78, 5) is 16.0. The van der Waals surface area contributed by atoms with Gasteiger partial charge in [-0.15, -0.1) is 0 Å². The molecule has 0 N–H and O–H groups in total. The first-order valence-electron chi connectivity index (χ1n) is 7.86. The zero-order valence-electron chi connectivity index (χ0n) is 12.5. The summed E-state index contributed by atoms with van der Waals surface area (Å²) in [5.74, 6) is 0.959. The zero-order valence-corrected chi connectivity index (χ0v) is 12.5. The molecule has 1 fully saturated rings. The van der Waals surface area contributed by atoms with Gasteiger partial charge in [0, 0.05) is 37.2 Å². The van der Waals surface area contributed by atoms with Crippen LogP contribution in [-0.4, -0.2) is 44.1 Å². The lowest BCUT2D eigenvalue weighted by atomic mass is 10.2. The van der Waals surface area contributed by atoms with E-state index in [0.717, 1.165) is 35.6 Å². The van der Waals surface area contributed by atoms with Gasteiger partial charge < -0.3 is 9.47 Å². The van der Waals surface area contributed by atoms with Crippen LogP contribution in [0.25, 0.3) is 22.6 Å². The maximum atomic E-state index is 4.77. The molecule has 0 radical (unpaired) electrons. The maximum absolute atomic E-state index is 4.77. The van der Waals surface area contributed by atoms with Gasteiger partial charge in [-0.05, 0) is 50.2 Å². The Balaban J connectivity index is 1.73. The molecule has 4 rings (SSSR count). The molecule has 22 heavy (non-hydrogen) atoms. The Bertz CT molecular complexity index is 759. The van der Waals surface area contributed by atoms with Gasteiger partial charge in [0.25, 0.3) is 0 Å². The average molecular weight is 293 g/mol. The number of hydrogen-bond donors (Lipinski definition) is 0. The molecule has 3 aromatic rings. The largest absolute Gasteiger partial charge is 0.307 e. The van der Waals surface area contributed by atoms with E-state index in [1.54, 1.807) is 6.20 Å². The minimum atomic E-state index is 0.914. The molecule has 0 saturated carbocycles. The summed E-state index contributed by atoms with van der Waals surface area (Å²) in [7, 11) is 0. The fraction of sp³-hybridized carbons (Fsp3) is 0.353. The highest BCUT2D eigenvalue weighted by atomic mass is 15.2. The maximum Gasteiger partial charge on any atom is 0.160 e. The van der Waals surface area contributed by atoms with Crippen LogP contribution >= 0.6 is 0 Å². The Morgan fingerprint density at radius 1 is 1.00 bits per heavy atom. The Kier molecular flexibility index (Phi) is 3.56. The van der Waals surface area contributed by atoms with E-state index in [-0.39, 0.29) is 0 Å². The normalized spacial score (nSPS) is 15.6. The van der Waals surface area contributed by atoms with E-state index in [1.807, 2.05) is 30.6 Å². The van der Waals surface area contributed by atoms with Gasteiger partial charge >= 0.3 is 0 Å². The fourth-order valence-electron chi connectivity index (χ4n) is 3.13. The van der Waals surface area contributed by atoms with Gasteiger partial charge in [0.1, 0.15) is 11.3 Å². The van der Waals surface area contributed by atoms with Crippen molar-refractivity contribution < 1.29 is 0 Å². The van der Waals surface area contributed by atoms with Crippen LogP contribution in [0.15, 0.2) is 42.9 Å². The van der Waals surface area contributed by atoms with Gasteiger partial charge in [-0.3, -0.25) is 4.98 Å². The number of fused-ring (bicyclic) bond motifs is 1. The Hall–Kier alpha value is -2.27. The van der Waals surface area contributed by atoms with Crippen molar-refractivity contribution in [3.8, 4) is 11.4 Å². The smallest absolute Gasteiger partial charge is 0.160 e. The fourth-order valence-corrected chi connectivity index (χ4v) is 3.13. The van der Waals surface area contributed by atoms with E-state index in [1.165, 1.54) is 25.9 Å². The Morgan fingerprint density at radius 3 is 2.68 bits per heavy atom. The summed E-state index contributed by atoms with van der Waals surface area (Å²) < 4.78 is 2.23. The van der Waals surface area contributed by atoms with E-state index in [2.05, 4.69) is 25.5 Å². The summed E-state index contributed by atoms with van der Waals surface area (Å²) >= 11 is 0. The molecule has 0 atom stereocenters. The Morgan fingerprint density at radius 2 is 1.86 bits per heavy atom. The minimum Gasteiger partial charge on any atom is -0.307 e. The lowest BCUT2D eigenvalue weighted by Gasteiger charge is -2.16.